The SMILES string of the molecule is Cc1cc(Cl)c(OCCOc2ccc(C3=C(C(=O)N(CCc4cccc(F)c4F)C4CC4)[C@H]4CN(C(=O)CCCC(N)=O)C[C@@H](C3)N4)cc2)cc1C. The third-order valence-corrected chi connectivity index (χ3v) is 10.4. The van der Waals surface area contributed by atoms with Crippen molar-refractivity contribution in [2.24, 2.45) is 5.73 Å². The van der Waals surface area contributed by atoms with Crippen molar-refractivity contribution < 1.29 is 32.6 Å². The first-order chi connectivity index (χ1) is 25.0. The normalized spacial score (nSPS) is 18.3. The molecule has 2 fully saturated rings. The summed E-state index contributed by atoms with van der Waals surface area (Å²) >= 11 is 6.34. The van der Waals surface area contributed by atoms with Crippen molar-refractivity contribution in [2.75, 3.05) is 32.8 Å². The molecule has 1 saturated carbocycles. The number of benzene rings is 3. The smallest absolute Gasteiger partial charge is 0.252 e. The Bertz CT molecular complexity index is 1850. The highest BCUT2D eigenvalue weighted by atomic mass is 35.5. The fourth-order valence-electron chi connectivity index (χ4n) is 7.04. The molecule has 52 heavy (non-hydrogen) atoms. The summed E-state index contributed by atoms with van der Waals surface area (Å²) in [6.07, 6.45) is 3.03. The minimum atomic E-state index is -0.914. The summed E-state index contributed by atoms with van der Waals surface area (Å²) in [5.74, 6) is -1.26. The van der Waals surface area contributed by atoms with Crippen molar-refractivity contribution in [3.63, 3.8) is 0 Å². The molecule has 3 aliphatic rings. The molecular weight excluding hydrogens is 690 g/mol. The maximum absolute atomic E-state index is 14.6. The lowest BCUT2D eigenvalue weighted by atomic mass is 9.82. The third kappa shape index (κ3) is 8.93. The summed E-state index contributed by atoms with van der Waals surface area (Å²) in [6, 6.07) is 15.0. The van der Waals surface area contributed by atoms with E-state index in [1.165, 1.54) is 6.07 Å². The average Bonchev–Trinajstić information content (AvgIpc) is 3.96. The van der Waals surface area contributed by atoms with E-state index in [9.17, 15) is 23.2 Å². The van der Waals surface area contributed by atoms with Crippen LogP contribution in [-0.4, -0.2) is 78.5 Å². The highest BCUT2D eigenvalue weighted by Crippen LogP contribution is 2.37. The zero-order chi connectivity index (χ0) is 36.9. The number of carbonyl (C=O) groups excluding carboxylic acids is 3. The van der Waals surface area contributed by atoms with Gasteiger partial charge < -0.3 is 30.3 Å². The van der Waals surface area contributed by atoms with Gasteiger partial charge >= 0.3 is 0 Å². The molecule has 0 spiro atoms. The van der Waals surface area contributed by atoms with Gasteiger partial charge in [-0.1, -0.05) is 35.9 Å². The molecular formula is C40H45ClF2N4O5. The molecule has 12 heteroatoms. The van der Waals surface area contributed by atoms with Gasteiger partial charge in [0.1, 0.15) is 24.7 Å². The van der Waals surface area contributed by atoms with E-state index in [0.717, 1.165) is 41.2 Å². The molecule has 0 aromatic heterocycles. The van der Waals surface area contributed by atoms with E-state index in [0.29, 0.717) is 61.2 Å². The fourth-order valence-corrected chi connectivity index (χ4v) is 7.32. The summed E-state index contributed by atoms with van der Waals surface area (Å²) in [7, 11) is 0. The molecule has 2 heterocycles. The Balaban J connectivity index is 1.21. The second-order valence-corrected chi connectivity index (χ2v) is 14.3. The van der Waals surface area contributed by atoms with Crippen molar-refractivity contribution in [1.82, 2.24) is 15.1 Å². The number of primary amides is 1. The molecule has 276 valence electrons. The van der Waals surface area contributed by atoms with E-state index in [4.69, 9.17) is 26.8 Å². The number of amides is 3. The number of hydrogen-bond donors (Lipinski definition) is 2. The van der Waals surface area contributed by atoms with Gasteiger partial charge in [0.05, 0.1) is 11.1 Å². The van der Waals surface area contributed by atoms with Crippen LogP contribution in [0.5, 0.6) is 11.5 Å². The molecule has 9 nitrogen and oxygen atoms in total. The summed E-state index contributed by atoms with van der Waals surface area (Å²) in [4.78, 5) is 42.7. The van der Waals surface area contributed by atoms with Gasteiger partial charge in [0.2, 0.25) is 11.8 Å². The van der Waals surface area contributed by atoms with Crippen molar-refractivity contribution >= 4 is 34.9 Å². The van der Waals surface area contributed by atoms with E-state index >= 15 is 0 Å². The minimum absolute atomic E-state index is 0.00224. The number of nitrogens with one attached hydrogen (secondary N) is 1. The van der Waals surface area contributed by atoms with Crippen LogP contribution < -0.4 is 20.5 Å². The molecule has 3 N–H and O–H groups in total. The molecule has 6 rings (SSSR count). The van der Waals surface area contributed by atoms with E-state index in [1.807, 2.05) is 50.2 Å². The van der Waals surface area contributed by atoms with Gasteiger partial charge in [0.25, 0.3) is 5.91 Å². The number of fused-ring (bicyclic) bond motifs is 2. The molecule has 2 aliphatic heterocycles. The molecule has 3 aromatic carbocycles. The lowest BCUT2D eigenvalue weighted by Crippen LogP contribution is -2.62. The summed E-state index contributed by atoms with van der Waals surface area (Å²) < 4.78 is 40.4. The Hall–Kier alpha value is -4.48. The zero-order valence-corrected chi connectivity index (χ0v) is 30.3. The van der Waals surface area contributed by atoms with Crippen molar-refractivity contribution in [3.05, 3.63) is 99.1 Å². The van der Waals surface area contributed by atoms with Gasteiger partial charge in [-0.15, -0.1) is 0 Å². The largest absolute Gasteiger partial charge is 0.490 e. The third-order valence-electron chi connectivity index (χ3n) is 10.1. The first-order valence-electron chi connectivity index (χ1n) is 17.9. The van der Waals surface area contributed by atoms with E-state index < -0.39 is 23.6 Å². The monoisotopic (exact) mass is 734 g/mol. The van der Waals surface area contributed by atoms with Crippen molar-refractivity contribution in [1.29, 1.82) is 0 Å². The van der Waals surface area contributed by atoms with Crippen LogP contribution in [0.4, 0.5) is 8.78 Å². The number of nitrogens with zero attached hydrogens (tertiary/aromatic N) is 2. The van der Waals surface area contributed by atoms with Crippen LogP contribution in [0.3, 0.4) is 0 Å². The lowest BCUT2D eigenvalue weighted by Gasteiger charge is -2.45. The first-order valence-corrected chi connectivity index (χ1v) is 18.3. The van der Waals surface area contributed by atoms with Crippen LogP contribution in [0.2, 0.25) is 5.02 Å². The minimum Gasteiger partial charge on any atom is -0.490 e. The maximum atomic E-state index is 14.6. The quantitative estimate of drug-likeness (QED) is 0.188. The average molecular weight is 735 g/mol. The van der Waals surface area contributed by atoms with Gasteiger partial charge in [-0.3, -0.25) is 14.4 Å². The Morgan fingerprint density at radius 3 is 2.44 bits per heavy atom. The molecule has 2 bridgehead atoms. The number of aryl methyl sites for hydroxylation is 2. The van der Waals surface area contributed by atoms with E-state index in [2.05, 4.69) is 5.32 Å². The Morgan fingerprint density at radius 2 is 1.71 bits per heavy atom. The second-order valence-electron chi connectivity index (χ2n) is 13.9. The van der Waals surface area contributed by atoms with Crippen molar-refractivity contribution in [3.8, 4) is 11.5 Å². The maximum Gasteiger partial charge on any atom is 0.252 e. The van der Waals surface area contributed by atoms with Gasteiger partial charge in [0, 0.05) is 50.1 Å². The number of halogens is 3. The standard InChI is InChI=1S/C40H45ClF2N4O5/c1-24-19-32(41)35(20-25(24)2)52-18-17-51-30-13-9-26(10-14-30)31-21-28-22-46(37(49)8-4-7-36(44)48)23-34(45-28)38(31)40(50)47(29-11-12-29)16-15-27-5-3-6-33(42)39(27)43/h3,5-6,9-10,13-14,19-20,28-29,34,45H,4,7-8,11-12,15-18,21-23H2,1-2H3,(H2,44,48)/t28-,34-/m1/s1. The van der Waals surface area contributed by atoms with E-state index in [-0.39, 0.29) is 55.3 Å². The number of piperazine rings is 1. The van der Waals surface area contributed by atoms with Crippen LogP contribution >= 0.6 is 11.6 Å². The molecule has 3 amide bonds. The Kier molecular flexibility index (Phi) is 11.8. The molecule has 1 saturated heterocycles. The topological polar surface area (TPSA) is 114 Å². The summed E-state index contributed by atoms with van der Waals surface area (Å²) in [5.41, 5.74) is 10.0. The van der Waals surface area contributed by atoms with Crippen LogP contribution in [-0.2, 0) is 20.8 Å². The van der Waals surface area contributed by atoms with Gasteiger partial charge in [-0.05, 0) is 104 Å². The Morgan fingerprint density at radius 1 is 0.981 bits per heavy atom. The highest BCUT2D eigenvalue weighted by Gasteiger charge is 2.43. The summed E-state index contributed by atoms with van der Waals surface area (Å²) in [5, 5.41) is 4.14. The summed E-state index contributed by atoms with van der Waals surface area (Å²) in [6.45, 7) is 5.59. The molecule has 3 aromatic rings. The number of hydrogen-bond acceptors (Lipinski definition) is 6. The highest BCUT2D eigenvalue weighted by molar-refractivity contribution is 6.32. The van der Waals surface area contributed by atoms with Gasteiger partial charge in [-0.25, -0.2) is 8.78 Å². The lowest BCUT2D eigenvalue weighted by molar-refractivity contribution is -0.134. The first kappa shape index (κ1) is 37.3. The van der Waals surface area contributed by atoms with Crippen LogP contribution in [0.1, 0.15) is 60.8 Å². The number of carbonyl (C=O) groups is 3. The van der Waals surface area contributed by atoms with Gasteiger partial charge in [0.15, 0.2) is 11.6 Å². The van der Waals surface area contributed by atoms with E-state index in [1.54, 1.807) is 15.9 Å². The Labute approximate surface area is 308 Å². The number of ether oxygens (including phenoxy) is 2. The molecule has 2 atom stereocenters. The predicted molar refractivity (Wildman–Crippen MR) is 195 cm³/mol. The zero-order valence-electron chi connectivity index (χ0n) is 29.6. The molecule has 1 aliphatic carbocycles. The number of rotatable bonds is 15. The number of nitrogens with two attached hydrogens (primary N) is 1. The van der Waals surface area contributed by atoms with Gasteiger partial charge in [-0.2, -0.15) is 0 Å². The van der Waals surface area contributed by atoms with Crippen LogP contribution in [0, 0.1) is 25.5 Å². The molecule has 0 unspecified atom stereocenters. The second kappa shape index (κ2) is 16.5. The van der Waals surface area contributed by atoms with Crippen LogP contribution in [0.15, 0.2) is 60.2 Å². The van der Waals surface area contributed by atoms with Crippen molar-refractivity contribution in [2.45, 2.75) is 76.9 Å². The predicted octanol–water partition coefficient (Wildman–Crippen LogP) is 5.91. The fraction of sp³-hybridized carbons (Fsp3) is 0.425. The molecule has 0 radical (unpaired) electrons. The van der Waals surface area contributed by atoms with Crippen LogP contribution in [0.25, 0.3) is 5.57 Å².